The molecule has 5 nitrogen and oxygen atoms in total. The van der Waals surface area contributed by atoms with Crippen molar-refractivity contribution in [1.29, 1.82) is 0 Å². The first-order chi connectivity index (χ1) is 10.2. The van der Waals surface area contributed by atoms with Gasteiger partial charge in [-0.15, -0.1) is 0 Å². The SMILES string of the molecule is COc1c(C2CCCN2CC2CCCCO2)c(C)nn1C. The molecule has 0 bridgehead atoms. The Bertz CT molecular complexity index is 480. The van der Waals surface area contributed by atoms with Crippen LogP contribution in [0.1, 0.15) is 49.4 Å². The summed E-state index contributed by atoms with van der Waals surface area (Å²) in [5.74, 6) is 0.911. The maximum atomic E-state index is 5.92. The second-order valence-electron chi connectivity index (χ2n) is 6.27. The molecule has 2 fully saturated rings. The maximum Gasteiger partial charge on any atom is 0.216 e. The molecule has 2 saturated heterocycles. The summed E-state index contributed by atoms with van der Waals surface area (Å²) >= 11 is 0. The third kappa shape index (κ3) is 2.94. The van der Waals surface area contributed by atoms with Crippen LogP contribution in [-0.2, 0) is 11.8 Å². The topological polar surface area (TPSA) is 39.5 Å². The van der Waals surface area contributed by atoms with Gasteiger partial charge in [-0.1, -0.05) is 0 Å². The van der Waals surface area contributed by atoms with Crippen molar-refractivity contribution in [2.75, 3.05) is 26.8 Å². The fourth-order valence-corrected chi connectivity index (χ4v) is 3.86. The zero-order valence-electron chi connectivity index (χ0n) is 13.5. The maximum absolute atomic E-state index is 5.92. The fraction of sp³-hybridized carbons (Fsp3) is 0.812. The third-order valence-corrected chi connectivity index (χ3v) is 4.82. The third-order valence-electron chi connectivity index (χ3n) is 4.82. The van der Waals surface area contributed by atoms with Crippen molar-refractivity contribution < 1.29 is 9.47 Å². The predicted octanol–water partition coefficient (Wildman–Crippen LogP) is 2.44. The minimum atomic E-state index is 0.405. The van der Waals surface area contributed by atoms with Gasteiger partial charge in [0.2, 0.25) is 5.88 Å². The Labute approximate surface area is 127 Å². The zero-order chi connectivity index (χ0) is 14.8. The van der Waals surface area contributed by atoms with E-state index in [1.807, 2.05) is 11.7 Å². The van der Waals surface area contributed by atoms with Crippen molar-refractivity contribution in [3.8, 4) is 5.88 Å². The van der Waals surface area contributed by atoms with Gasteiger partial charge in [0.15, 0.2) is 0 Å². The van der Waals surface area contributed by atoms with E-state index >= 15 is 0 Å². The summed E-state index contributed by atoms with van der Waals surface area (Å²) in [5.41, 5.74) is 2.36. The molecule has 2 aliphatic rings. The van der Waals surface area contributed by atoms with Gasteiger partial charge >= 0.3 is 0 Å². The van der Waals surface area contributed by atoms with E-state index in [-0.39, 0.29) is 0 Å². The zero-order valence-corrected chi connectivity index (χ0v) is 13.5. The molecule has 0 saturated carbocycles. The average Bonchev–Trinajstić information content (AvgIpc) is 3.03. The van der Waals surface area contributed by atoms with Gasteiger partial charge in [0.1, 0.15) is 0 Å². The minimum absolute atomic E-state index is 0.405. The van der Waals surface area contributed by atoms with Gasteiger partial charge < -0.3 is 9.47 Å². The van der Waals surface area contributed by atoms with Gasteiger partial charge in [-0.25, -0.2) is 4.68 Å². The molecule has 0 aromatic carbocycles. The Balaban J connectivity index is 1.77. The minimum Gasteiger partial charge on any atom is -0.481 e. The van der Waals surface area contributed by atoms with Crippen LogP contribution in [-0.4, -0.2) is 47.6 Å². The molecule has 0 aliphatic carbocycles. The Morgan fingerprint density at radius 1 is 1.29 bits per heavy atom. The lowest BCUT2D eigenvalue weighted by Gasteiger charge is -2.31. The summed E-state index contributed by atoms with van der Waals surface area (Å²) in [4.78, 5) is 2.57. The lowest BCUT2D eigenvalue weighted by atomic mass is 10.0. The molecule has 21 heavy (non-hydrogen) atoms. The average molecular weight is 293 g/mol. The van der Waals surface area contributed by atoms with Crippen LogP contribution in [0.4, 0.5) is 0 Å². The molecule has 2 unspecified atom stereocenters. The van der Waals surface area contributed by atoms with Crippen molar-refractivity contribution in [1.82, 2.24) is 14.7 Å². The highest BCUT2D eigenvalue weighted by atomic mass is 16.5. The first-order valence-corrected chi connectivity index (χ1v) is 8.14. The van der Waals surface area contributed by atoms with Crippen LogP contribution in [0.5, 0.6) is 5.88 Å². The van der Waals surface area contributed by atoms with Crippen LogP contribution in [0.2, 0.25) is 0 Å². The number of aromatic nitrogens is 2. The number of likely N-dealkylation sites (tertiary alicyclic amines) is 1. The van der Waals surface area contributed by atoms with Gasteiger partial charge in [-0.05, 0) is 45.6 Å². The van der Waals surface area contributed by atoms with Crippen molar-refractivity contribution >= 4 is 0 Å². The van der Waals surface area contributed by atoms with E-state index in [9.17, 15) is 0 Å². The van der Waals surface area contributed by atoms with Gasteiger partial charge in [0, 0.05) is 26.2 Å². The fourth-order valence-electron chi connectivity index (χ4n) is 3.86. The lowest BCUT2D eigenvalue weighted by molar-refractivity contribution is -0.00823. The molecule has 3 heterocycles. The highest BCUT2D eigenvalue weighted by Crippen LogP contribution is 2.39. The largest absolute Gasteiger partial charge is 0.481 e. The quantitative estimate of drug-likeness (QED) is 0.855. The molecule has 0 N–H and O–H groups in total. The first-order valence-electron chi connectivity index (χ1n) is 8.14. The number of hydrogen-bond donors (Lipinski definition) is 0. The lowest BCUT2D eigenvalue weighted by Crippen LogP contribution is -2.35. The predicted molar refractivity (Wildman–Crippen MR) is 81.6 cm³/mol. The second kappa shape index (κ2) is 6.36. The molecule has 118 valence electrons. The van der Waals surface area contributed by atoms with Crippen LogP contribution in [0.25, 0.3) is 0 Å². The molecule has 2 atom stereocenters. The van der Waals surface area contributed by atoms with Crippen LogP contribution < -0.4 is 4.74 Å². The standard InChI is InChI=1S/C16H27N3O2/c1-12-15(16(20-3)18(2)17-12)14-8-6-9-19(14)11-13-7-4-5-10-21-13/h13-14H,4-11H2,1-3H3. The van der Waals surface area contributed by atoms with E-state index in [0.717, 1.165) is 31.3 Å². The van der Waals surface area contributed by atoms with Crippen molar-refractivity contribution in [3.63, 3.8) is 0 Å². The van der Waals surface area contributed by atoms with Crippen molar-refractivity contribution in [2.45, 2.75) is 51.2 Å². The van der Waals surface area contributed by atoms with Gasteiger partial charge in [0.25, 0.3) is 0 Å². The molecule has 3 rings (SSSR count). The van der Waals surface area contributed by atoms with E-state index in [0.29, 0.717) is 12.1 Å². The van der Waals surface area contributed by atoms with E-state index < -0.39 is 0 Å². The summed E-state index contributed by atoms with van der Waals surface area (Å²) in [5, 5.41) is 4.54. The van der Waals surface area contributed by atoms with E-state index in [4.69, 9.17) is 9.47 Å². The molecule has 1 aromatic rings. The molecule has 5 heteroatoms. The number of aryl methyl sites for hydroxylation is 2. The normalized spacial score (nSPS) is 27.2. The molecule has 1 aromatic heterocycles. The highest BCUT2D eigenvalue weighted by Gasteiger charge is 2.33. The Kier molecular flexibility index (Phi) is 4.50. The van der Waals surface area contributed by atoms with Crippen LogP contribution >= 0.6 is 0 Å². The van der Waals surface area contributed by atoms with Crippen LogP contribution in [0, 0.1) is 6.92 Å². The Hall–Kier alpha value is -1.07. The number of methoxy groups -OCH3 is 1. The number of nitrogens with zero attached hydrogens (tertiary/aromatic N) is 3. The van der Waals surface area contributed by atoms with Crippen molar-refractivity contribution in [3.05, 3.63) is 11.3 Å². The van der Waals surface area contributed by atoms with Gasteiger partial charge in [-0.2, -0.15) is 5.10 Å². The Morgan fingerprint density at radius 3 is 2.86 bits per heavy atom. The second-order valence-corrected chi connectivity index (χ2v) is 6.27. The summed E-state index contributed by atoms with van der Waals surface area (Å²) in [6, 6.07) is 0.430. The molecule has 0 amide bonds. The number of rotatable bonds is 4. The summed E-state index contributed by atoms with van der Waals surface area (Å²) in [6.45, 7) is 5.22. The molecule has 2 aliphatic heterocycles. The van der Waals surface area contributed by atoms with Crippen molar-refractivity contribution in [2.24, 2.45) is 7.05 Å². The van der Waals surface area contributed by atoms with Crippen LogP contribution in [0.3, 0.4) is 0 Å². The number of ether oxygens (including phenoxy) is 2. The van der Waals surface area contributed by atoms with Crippen LogP contribution in [0.15, 0.2) is 0 Å². The summed E-state index contributed by atoms with van der Waals surface area (Å²) in [7, 11) is 3.70. The highest BCUT2D eigenvalue weighted by molar-refractivity contribution is 5.35. The molecule has 0 spiro atoms. The smallest absolute Gasteiger partial charge is 0.216 e. The Morgan fingerprint density at radius 2 is 2.14 bits per heavy atom. The van der Waals surface area contributed by atoms with Gasteiger partial charge in [0.05, 0.1) is 24.5 Å². The van der Waals surface area contributed by atoms with E-state index in [1.165, 1.54) is 37.7 Å². The monoisotopic (exact) mass is 293 g/mol. The first kappa shape index (κ1) is 14.9. The summed E-state index contributed by atoms with van der Waals surface area (Å²) in [6.07, 6.45) is 6.56. The number of hydrogen-bond acceptors (Lipinski definition) is 4. The van der Waals surface area contributed by atoms with E-state index in [2.05, 4.69) is 16.9 Å². The molecular formula is C16H27N3O2. The van der Waals surface area contributed by atoms with E-state index in [1.54, 1.807) is 7.11 Å². The molecular weight excluding hydrogens is 266 g/mol. The van der Waals surface area contributed by atoms with Gasteiger partial charge in [-0.3, -0.25) is 4.90 Å². The molecule has 0 radical (unpaired) electrons. The summed E-state index contributed by atoms with van der Waals surface area (Å²) < 4.78 is 13.4.